The third-order valence-electron chi connectivity index (χ3n) is 4.75. The van der Waals surface area contributed by atoms with Gasteiger partial charge in [-0.05, 0) is 14.1 Å². The number of nitrogens with one attached hydrogen (secondary N) is 1. The third kappa shape index (κ3) is 3.44. The van der Waals surface area contributed by atoms with E-state index < -0.39 is 0 Å². The van der Waals surface area contributed by atoms with Crippen LogP contribution in [0.3, 0.4) is 0 Å². The van der Waals surface area contributed by atoms with E-state index in [9.17, 15) is 0 Å². The van der Waals surface area contributed by atoms with Crippen molar-refractivity contribution in [2.24, 2.45) is 0 Å². The second-order valence-electron chi connectivity index (χ2n) is 6.40. The number of aromatic nitrogens is 1. The number of pyridine rings is 1. The summed E-state index contributed by atoms with van der Waals surface area (Å²) in [6.07, 6.45) is 0. The number of anilines is 3. The van der Waals surface area contributed by atoms with Gasteiger partial charge in [0.1, 0.15) is 11.6 Å². The maximum atomic E-state index is 4.77. The molecule has 2 aliphatic heterocycles. The second-order valence-corrected chi connectivity index (χ2v) is 6.40. The van der Waals surface area contributed by atoms with E-state index in [1.807, 2.05) is 7.05 Å². The predicted molar refractivity (Wildman–Crippen MR) is 93.2 cm³/mol. The summed E-state index contributed by atoms with van der Waals surface area (Å²) in [7, 11) is 6.33. The van der Waals surface area contributed by atoms with Crippen LogP contribution < -0.4 is 15.1 Å². The van der Waals surface area contributed by atoms with E-state index in [0.29, 0.717) is 0 Å². The molecule has 6 heteroatoms. The van der Waals surface area contributed by atoms with Crippen LogP contribution in [0.15, 0.2) is 12.1 Å². The molecular formula is C16H28N6. The molecule has 0 spiro atoms. The van der Waals surface area contributed by atoms with Gasteiger partial charge in [-0.1, -0.05) is 0 Å². The lowest BCUT2D eigenvalue weighted by Gasteiger charge is -2.36. The Kier molecular flexibility index (Phi) is 4.69. The van der Waals surface area contributed by atoms with Crippen LogP contribution in [-0.2, 0) is 0 Å². The summed E-state index contributed by atoms with van der Waals surface area (Å²) in [5.74, 6) is 2.07. The molecule has 1 aromatic rings. The Morgan fingerprint density at radius 3 is 1.91 bits per heavy atom. The molecular weight excluding hydrogens is 276 g/mol. The summed E-state index contributed by atoms with van der Waals surface area (Å²) < 4.78 is 0. The van der Waals surface area contributed by atoms with Gasteiger partial charge in [0.15, 0.2) is 0 Å². The topological polar surface area (TPSA) is 37.9 Å². The van der Waals surface area contributed by atoms with Crippen LogP contribution in [0.2, 0.25) is 0 Å². The van der Waals surface area contributed by atoms with Gasteiger partial charge in [0.2, 0.25) is 0 Å². The fourth-order valence-electron chi connectivity index (χ4n) is 3.07. The summed E-state index contributed by atoms with van der Waals surface area (Å²) in [5.41, 5.74) is 1.29. The van der Waals surface area contributed by atoms with Crippen molar-refractivity contribution >= 4 is 17.3 Å². The van der Waals surface area contributed by atoms with Gasteiger partial charge in [0, 0.05) is 77.2 Å². The molecule has 2 saturated heterocycles. The minimum Gasteiger partial charge on any atom is -0.373 e. The summed E-state index contributed by atoms with van der Waals surface area (Å²) in [6.45, 7) is 8.75. The van der Waals surface area contributed by atoms with Crippen molar-refractivity contribution < 1.29 is 0 Å². The third-order valence-corrected chi connectivity index (χ3v) is 4.75. The molecule has 2 fully saturated rings. The summed E-state index contributed by atoms with van der Waals surface area (Å²) >= 11 is 0. The normalized spacial score (nSPS) is 21.2. The van der Waals surface area contributed by atoms with Crippen LogP contribution in [0.5, 0.6) is 0 Å². The zero-order valence-corrected chi connectivity index (χ0v) is 14.0. The van der Waals surface area contributed by atoms with Gasteiger partial charge in [-0.15, -0.1) is 0 Å². The van der Waals surface area contributed by atoms with E-state index in [2.05, 4.69) is 51.1 Å². The molecule has 0 atom stereocenters. The smallest absolute Gasteiger partial charge is 0.133 e. The lowest BCUT2D eigenvalue weighted by Crippen LogP contribution is -2.45. The van der Waals surface area contributed by atoms with Crippen LogP contribution in [0.1, 0.15) is 0 Å². The molecule has 22 heavy (non-hydrogen) atoms. The highest BCUT2D eigenvalue weighted by Crippen LogP contribution is 2.26. The highest BCUT2D eigenvalue weighted by Gasteiger charge is 2.19. The molecule has 0 radical (unpaired) electrons. The van der Waals surface area contributed by atoms with Crippen molar-refractivity contribution in [3.63, 3.8) is 0 Å². The maximum absolute atomic E-state index is 4.77. The quantitative estimate of drug-likeness (QED) is 0.883. The van der Waals surface area contributed by atoms with Crippen LogP contribution in [0.4, 0.5) is 17.3 Å². The fraction of sp³-hybridized carbons (Fsp3) is 0.688. The first-order valence-corrected chi connectivity index (χ1v) is 8.22. The first-order chi connectivity index (χ1) is 10.7. The van der Waals surface area contributed by atoms with Crippen molar-refractivity contribution in [1.29, 1.82) is 0 Å². The molecule has 6 nitrogen and oxygen atoms in total. The predicted octanol–water partition coefficient (Wildman–Crippen LogP) is 0.627. The molecule has 3 rings (SSSR count). The first-order valence-electron chi connectivity index (χ1n) is 8.22. The van der Waals surface area contributed by atoms with Crippen molar-refractivity contribution in [3.05, 3.63) is 12.1 Å². The molecule has 3 heterocycles. The van der Waals surface area contributed by atoms with Gasteiger partial charge in [-0.25, -0.2) is 4.98 Å². The number of likely N-dealkylation sites (N-methyl/N-ethyl adjacent to an activating group) is 2. The van der Waals surface area contributed by atoms with Crippen molar-refractivity contribution in [2.45, 2.75) is 0 Å². The maximum Gasteiger partial charge on any atom is 0.133 e. The molecule has 1 N–H and O–H groups in total. The molecule has 0 aromatic carbocycles. The Morgan fingerprint density at radius 2 is 1.36 bits per heavy atom. The number of nitrogens with zero attached hydrogens (tertiary/aromatic N) is 5. The summed E-state index contributed by atoms with van der Waals surface area (Å²) in [5, 5.41) is 3.22. The van der Waals surface area contributed by atoms with Crippen molar-refractivity contribution in [1.82, 2.24) is 14.8 Å². The Balaban J connectivity index is 1.80. The Labute approximate surface area is 133 Å². The Morgan fingerprint density at radius 1 is 0.818 bits per heavy atom. The van der Waals surface area contributed by atoms with Crippen LogP contribution >= 0.6 is 0 Å². The number of hydrogen-bond donors (Lipinski definition) is 1. The molecule has 0 saturated carbocycles. The van der Waals surface area contributed by atoms with E-state index >= 15 is 0 Å². The van der Waals surface area contributed by atoms with E-state index in [4.69, 9.17) is 4.98 Å². The molecule has 0 bridgehead atoms. The largest absolute Gasteiger partial charge is 0.373 e. The van der Waals surface area contributed by atoms with Crippen molar-refractivity contribution in [2.75, 3.05) is 88.6 Å². The molecule has 2 aliphatic rings. The van der Waals surface area contributed by atoms with Crippen LogP contribution in [-0.4, -0.2) is 88.3 Å². The summed E-state index contributed by atoms with van der Waals surface area (Å²) in [6, 6.07) is 4.43. The number of rotatable bonds is 3. The average molecular weight is 304 g/mol. The first kappa shape index (κ1) is 15.4. The minimum absolute atomic E-state index is 0.963. The molecule has 122 valence electrons. The van der Waals surface area contributed by atoms with E-state index in [-0.39, 0.29) is 0 Å². The van der Waals surface area contributed by atoms with E-state index in [0.717, 1.165) is 64.0 Å². The number of hydrogen-bond acceptors (Lipinski definition) is 6. The van der Waals surface area contributed by atoms with Crippen molar-refractivity contribution in [3.8, 4) is 0 Å². The zero-order valence-electron chi connectivity index (χ0n) is 14.0. The van der Waals surface area contributed by atoms with Gasteiger partial charge in [0.25, 0.3) is 0 Å². The molecule has 1 aromatic heterocycles. The SMILES string of the molecule is CNc1cc(N2CCN(C)CC2)cc(N2CCN(C)CC2)n1. The Bertz CT molecular complexity index is 449. The second kappa shape index (κ2) is 6.71. The van der Waals surface area contributed by atoms with Gasteiger partial charge < -0.3 is 24.9 Å². The van der Waals surface area contributed by atoms with Crippen LogP contribution in [0, 0.1) is 0 Å². The van der Waals surface area contributed by atoms with Gasteiger partial charge in [-0.2, -0.15) is 0 Å². The lowest BCUT2D eigenvalue weighted by atomic mass is 10.2. The fourth-order valence-corrected chi connectivity index (χ4v) is 3.07. The van der Waals surface area contributed by atoms with Gasteiger partial charge in [0.05, 0.1) is 0 Å². The molecule has 0 aliphatic carbocycles. The van der Waals surface area contributed by atoms with Crippen LogP contribution in [0.25, 0.3) is 0 Å². The Hall–Kier alpha value is -1.53. The van der Waals surface area contributed by atoms with E-state index in [1.165, 1.54) is 5.69 Å². The standard InChI is InChI=1S/C16H28N6/c1-17-15-12-14(21-8-4-19(2)5-9-21)13-16(18-15)22-10-6-20(3)7-11-22/h12-13H,4-11H2,1-3H3,(H,17,18). The highest BCUT2D eigenvalue weighted by molar-refractivity contribution is 5.62. The highest BCUT2D eigenvalue weighted by atomic mass is 15.3. The number of piperazine rings is 2. The average Bonchev–Trinajstić information content (AvgIpc) is 2.55. The monoisotopic (exact) mass is 304 g/mol. The minimum atomic E-state index is 0.963. The molecule has 0 amide bonds. The molecule has 0 unspecified atom stereocenters. The summed E-state index contributed by atoms with van der Waals surface area (Å²) in [4.78, 5) is 14.4. The van der Waals surface area contributed by atoms with Gasteiger partial charge in [-0.3, -0.25) is 0 Å². The van der Waals surface area contributed by atoms with E-state index in [1.54, 1.807) is 0 Å². The van der Waals surface area contributed by atoms with Gasteiger partial charge >= 0.3 is 0 Å². The lowest BCUT2D eigenvalue weighted by molar-refractivity contribution is 0.311. The zero-order chi connectivity index (χ0) is 15.5.